The average Bonchev–Trinajstić information content (AvgIpc) is 3.32. The van der Waals surface area contributed by atoms with Gasteiger partial charge in [0.25, 0.3) is 11.5 Å². The van der Waals surface area contributed by atoms with Crippen molar-refractivity contribution in [3.63, 3.8) is 0 Å². The molecule has 154 valence electrons. The lowest BCUT2D eigenvalue weighted by molar-refractivity contribution is 0.00327. The molecule has 4 N–H and O–H groups in total. The van der Waals surface area contributed by atoms with Gasteiger partial charge in [0.1, 0.15) is 34.8 Å². The molecule has 11 nitrogen and oxygen atoms in total. The first-order chi connectivity index (χ1) is 14.5. The molecule has 0 aliphatic carbocycles. The van der Waals surface area contributed by atoms with Crippen LogP contribution in [-0.4, -0.2) is 66.7 Å². The number of nitrogens with zero attached hydrogens (tertiary/aromatic N) is 4. The number of hydrogen-bond donors (Lipinski definition) is 4. The Hall–Kier alpha value is -3.25. The molecule has 4 aromatic rings. The van der Waals surface area contributed by atoms with Gasteiger partial charge in [-0.15, -0.1) is 0 Å². The number of halogens is 1. The van der Waals surface area contributed by atoms with Crippen LogP contribution in [-0.2, 0) is 4.74 Å². The van der Waals surface area contributed by atoms with Gasteiger partial charge in [0.05, 0.1) is 35.3 Å². The highest BCUT2D eigenvalue weighted by molar-refractivity contribution is 9.10. The number of aromatic nitrogens is 6. The normalized spacial score (nSPS) is 17.0. The van der Waals surface area contributed by atoms with Crippen LogP contribution >= 0.6 is 15.9 Å². The standard InChI is InChI=1S/C18H17BrN8O3/c1-8-6-30-3-2-27(8)18(29)13-12(19)11-15(20-7-21-16(11)24-13)23-10-4-9-5-22-26-14(9)25-17(10)28/h4-5,7-8H,2-3,6H2,1H3,(H2,20,21,23,24)(H2,22,25,26,28). The number of morpholine rings is 1. The number of fused-ring (bicyclic) bond motifs is 2. The Bertz CT molecular complexity index is 1330. The summed E-state index contributed by atoms with van der Waals surface area (Å²) in [6, 6.07) is 1.64. The van der Waals surface area contributed by atoms with Crippen LogP contribution in [0.2, 0.25) is 0 Å². The van der Waals surface area contributed by atoms with Gasteiger partial charge < -0.3 is 24.9 Å². The van der Waals surface area contributed by atoms with Crippen molar-refractivity contribution in [1.82, 2.24) is 35.0 Å². The Labute approximate surface area is 177 Å². The molecule has 12 heteroatoms. The van der Waals surface area contributed by atoms with Crippen LogP contribution in [0.3, 0.4) is 0 Å². The van der Waals surface area contributed by atoms with Crippen LogP contribution in [0, 0.1) is 0 Å². The molecule has 0 bridgehead atoms. The first kappa shape index (κ1) is 18.8. The van der Waals surface area contributed by atoms with Crippen LogP contribution < -0.4 is 10.9 Å². The largest absolute Gasteiger partial charge is 0.377 e. The van der Waals surface area contributed by atoms with Crippen molar-refractivity contribution < 1.29 is 9.53 Å². The Morgan fingerprint density at radius 1 is 1.37 bits per heavy atom. The SMILES string of the molecule is CC1COCCN1C(=O)c1[nH]c2ncnc(Nc3cc4cn[nH]c4[nH]c3=O)c2c1Br. The van der Waals surface area contributed by atoms with E-state index in [2.05, 4.69) is 51.4 Å². The zero-order valence-electron chi connectivity index (χ0n) is 15.8. The van der Waals surface area contributed by atoms with E-state index >= 15 is 0 Å². The van der Waals surface area contributed by atoms with Crippen molar-refractivity contribution >= 4 is 55.4 Å². The molecule has 1 unspecified atom stereocenters. The van der Waals surface area contributed by atoms with Crippen molar-refractivity contribution in [1.29, 1.82) is 0 Å². The minimum absolute atomic E-state index is 0.0338. The average molecular weight is 473 g/mol. The lowest BCUT2D eigenvalue weighted by Crippen LogP contribution is -2.47. The molecule has 0 aromatic carbocycles. The van der Waals surface area contributed by atoms with Gasteiger partial charge in [-0.1, -0.05) is 0 Å². The minimum atomic E-state index is -0.330. The summed E-state index contributed by atoms with van der Waals surface area (Å²) in [5, 5.41) is 11.0. The summed E-state index contributed by atoms with van der Waals surface area (Å²) in [6.45, 7) is 3.45. The van der Waals surface area contributed by atoms with Gasteiger partial charge in [-0.3, -0.25) is 14.7 Å². The van der Waals surface area contributed by atoms with Crippen LogP contribution in [0.5, 0.6) is 0 Å². The monoisotopic (exact) mass is 472 g/mol. The highest BCUT2D eigenvalue weighted by atomic mass is 79.9. The van der Waals surface area contributed by atoms with Crippen molar-refractivity contribution in [2.45, 2.75) is 13.0 Å². The molecule has 5 heterocycles. The molecule has 30 heavy (non-hydrogen) atoms. The van der Waals surface area contributed by atoms with Crippen LogP contribution in [0.4, 0.5) is 11.5 Å². The highest BCUT2D eigenvalue weighted by Gasteiger charge is 2.29. The minimum Gasteiger partial charge on any atom is -0.377 e. The first-order valence-electron chi connectivity index (χ1n) is 9.27. The maximum Gasteiger partial charge on any atom is 0.273 e. The highest BCUT2D eigenvalue weighted by Crippen LogP contribution is 2.33. The number of carbonyl (C=O) groups is 1. The zero-order chi connectivity index (χ0) is 20.8. The number of pyridine rings is 1. The third kappa shape index (κ3) is 3.04. The number of carbonyl (C=O) groups excluding carboxylic acids is 1. The van der Waals surface area contributed by atoms with E-state index in [4.69, 9.17) is 4.74 Å². The van der Waals surface area contributed by atoms with Gasteiger partial charge in [0, 0.05) is 11.9 Å². The van der Waals surface area contributed by atoms with Gasteiger partial charge in [-0.05, 0) is 28.9 Å². The Balaban J connectivity index is 1.56. The van der Waals surface area contributed by atoms with Crippen LogP contribution in [0.25, 0.3) is 22.1 Å². The third-order valence-corrected chi connectivity index (χ3v) is 5.87. The van der Waals surface area contributed by atoms with E-state index in [1.165, 1.54) is 6.33 Å². The molecular weight excluding hydrogens is 456 g/mol. The Morgan fingerprint density at radius 3 is 3.07 bits per heavy atom. The third-order valence-electron chi connectivity index (χ3n) is 5.08. The zero-order valence-corrected chi connectivity index (χ0v) is 17.4. The molecular formula is C18H17BrN8O3. The number of ether oxygens (including phenoxy) is 1. The maximum atomic E-state index is 13.1. The predicted octanol–water partition coefficient (Wildman–Crippen LogP) is 1.89. The van der Waals surface area contributed by atoms with Crippen LogP contribution in [0.1, 0.15) is 17.4 Å². The van der Waals surface area contributed by atoms with Gasteiger partial charge in [-0.2, -0.15) is 5.10 Å². The predicted molar refractivity (Wildman–Crippen MR) is 113 cm³/mol. The van der Waals surface area contributed by atoms with Crippen molar-refractivity contribution in [3.8, 4) is 0 Å². The molecule has 1 amide bonds. The number of hydrogen-bond acceptors (Lipinski definition) is 7. The fraction of sp³-hybridized carbons (Fsp3) is 0.278. The fourth-order valence-corrected chi connectivity index (χ4v) is 4.17. The van der Waals surface area contributed by atoms with E-state index < -0.39 is 0 Å². The van der Waals surface area contributed by atoms with E-state index in [-0.39, 0.29) is 17.5 Å². The molecule has 0 spiro atoms. The first-order valence-corrected chi connectivity index (χ1v) is 10.1. The molecule has 1 fully saturated rings. The molecule has 1 aliphatic heterocycles. The van der Waals surface area contributed by atoms with Crippen molar-refractivity contribution in [2.75, 3.05) is 25.1 Å². The fourth-order valence-electron chi connectivity index (χ4n) is 3.53. The molecule has 0 radical (unpaired) electrons. The van der Waals surface area contributed by atoms with E-state index in [1.807, 2.05) is 6.92 Å². The molecule has 1 atom stereocenters. The van der Waals surface area contributed by atoms with E-state index in [1.54, 1.807) is 17.2 Å². The quantitative estimate of drug-likeness (QED) is 0.356. The van der Waals surface area contributed by atoms with E-state index in [9.17, 15) is 9.59 Å². The summed E-state index contributed by atoms with van der Waals surface area (Å²) < 4.78 is 5.95. The lowest BCUT2D eigenvalue weighted by atomic mass is 10.2. The molecule has 1 saturated heterocycles. The van der Waals surface area contributed by atoms with Gasteiger partial charge >= 0.3 is 0 Å². The summed E-state index contributed by atoms with van der Waals surface area (Å²) >= 11 is 3.52. The maximum absolute atomic E-state index is 13.1. The lowest BCUT2D eigenvalue weighted by Gasteiger charge is -2.33. The summed E-state index contributed by atoms with van der Waals surface area (Å²) in [6.07, 6.45) is 2.97. The number of anilines is 2. The molecule has 1 aliphatic rings. The second-order valence-corrected chi connectivity index (χ2v) is 7.81. The van der Waals surface area contributed by atoms with Gasteiger partial charge in [-0.25, -0.2) is 9.97 Å². The van der Waals surface area contributed by atoms with E-state index in [0.29, 0.717) is 58.1 Å². The molecule has 4 aromatic heterocycles. The summed E-state index contributed by atoms with van der Waals surface area (Å²) in [5.41, 5.74) is 1.36. The molecule has 0 saturated carbocycles. The molecule has 5 rings (SSSR count). The Morgan fingerprint density at radius 2 is 2.23 bits per heavy atom. The summed E-state index contributed by atoms with van der Waals surface area (Å²) in [7, 11) is 0. The topological polar surface area (TPSA) is 145 Å². The van der Waals surface area contributed by atoms with Crippen molar-refractivity contribution in [2.24, 2.45) is 0 Å². The smallest absolute Gasteiger partial charge is 0.273 e. The van der Waals surface area contributed by atoms with Crippen LogP contribution in [0.15, 0.2) is 27.9 Å². The Kier molecular flexibility index (Phi) is 4.51. The summed E-state index contributed by atoms with van der Waals surface area (Å²) in [4.78, 5) is 41.6. The second kappa shape index (κ2) is 7.22. The number of nitrogens with one attached hydrogen (secondary N) is 4. The van der Waals surface area contributed by atoms with Gasteiger partial charge in [0.15, 0.2) is 0 Å². The number of rotatable bonds is 3. The number of amides is 1. The second-order valence-electron chi connectivity index (χ2n) is 7.02. The number of aromatic amines is 3. The van der Waals surface area contributed by atoms with Gasteiger partial charge in [0.2, 0.25) is 0 Å². The number of H-pyrrole nitrogens is 3. The van der Waals surface area contributed by atoms with E-state index in [0.717, 1.165) is 5.39 Å². The van der Waals surface area contributed by atoms with Crippen molar-refractivity contribution in [3.05, 3.63) is 39.1 Å². The summed E-state index contributed by atoms with van der Waals surface area (Å²) in [5.74, 6) is 0.241.